The molecule has 0 spiro atoms. The first-order valence-electron chi connectivity index (χ1n) is 10.7. The molecule has 1 heterocycles. The largest absolute Gasteiger partial charge is 0.490 e. The van der Waals surface area contributed by atoms with Crippen LogP contribution in [-0.4, -0.2) is 58.8 Å². The number of hydrogen-bond acceptors (Lipinski definition) is 8. The fourth-order valence-corrected chi connectivity index (χ4v) is 3.27. The van der Waals surface area contributed by atoms with Crippen molar-refractivity contribution in [3.63, 3.8) is 0 Å². The molecule has 3 rings (SSSR count). The Balaban J connectivity index is 2.07. The standard InChI is InChI=1S/C24H22F4N2O7/c25-23(26)36-20-6-4-16(9-21(20)37-24(27)28)30(11-14-2-1-7-29-10-14)15-3-5-19(18(8-15)22(33)34)35-13-17(32)12-31/h1-10,17,23-24,31-32H,11-13H2,(H,33,34). The summed E-state index contributed by atoms with van der Waals surface area (Å²) in [5.74, 6) is -2.72. The Morgan fingerprint density at radius 1 is 0.946 bits per heavy atom. The van der Waals surface area contributed by atoms with Crippen molar-refractivity contribution in [2.75, 3.05) is 18.1 Å². The Morgan fingerprint density at radius 2 is 1.59 bits per heavy atom. The number of nitrogens with zero attached hydrogens (tertiary/aromatic N) is 2. The third-order valence-corrected chi connectivity index (χ3v) is 4.88. The van der Waals surface area contributed by atoms with Crippen LogP contribution in [0.5, 0.6) is 17.2 Å². The Kier molecular flexibility index (Phi) is 9.46. The minimum atomic E-state index is -3.33. The minimum absolute atomic E-state index is 0.0689. The highest BCUT2D eigenvalue weighted by Crippen LogP contribution is 2.38. The molecule has 3 N–H and O–H groups in total. The van der Waals surface area contributed by atoms with Gasteiger partial charge < -0.3 is 34.4 Å². The van der Waals surface area contributed by atoms with Crippen LogP contribution >= 0.6 is 0 Å². The highest BCUT2D eigenvalue weighted by Gasteiger charge is 2.21. The summed E-state index contributed by atoms with van der Waals surface area (Å²) in [6, 6.07) is 10.8. The number of anilines is 2. The van der Waals surface area contributed by atoms with E-state index in [-0.39, 0.29) is 35.8 Å². The first kappa shape index (κ1) is 27.5. The number of benzene rings is 2. The van der Waals surface area contributed by atoms with Crippen molar-refractivity contribution in [1.82, 2.24) is 4.98 Å². The Morgan fingerprint density at radius 3 is 2.19 bits per heavy atom. The van der Waals surface area contributed by atoms with Gasteiger partial charge in [0, 0.05) is 36.4 Å². The maximum Gasteiger partial charge on any atom is 0.387 e. The molecule has 0 bridgehead atoms. The van der Waals surface area contributed by atoms with Crippen molar-refractivity contribution in [3.05, 3.63) is 72.1 Å². The lowest BCUT2D eigenvalue weighted by Crippen LogP contribution is -2.22. The molecule has 37 heavy (non-hydrogen) atoms. The molecular weight excluding hydrogens is 504 g/mol. The lowest BCUT2D eigenvalue weighted by Gasteiger charge is -2.27. The second-order valence-corrected chi connectivity index (χ2v) is 7.47. The molecule has 1 aromatic heterocycles. The van der Waals surface area contributed by atoms with Gasteiger partial charge in [0.2, 0.25) is 0 Å². The fraction of sp³-hybridized carbons (Fsp3) is 0.250. The number of carboxylic acid groups (broad SMARTS) is 1. The maximum absolute atomic E-state index is 13.0. The topological polar surface area (TPSA) is 122 Å². The number of aromatic carboxylic acids is 1. The van der Waals surface area contributed by atoms with E-state index in [0.717, 1.165) is 12.1 Å². The van der Waals surface area contributed by atoms with Crippen molar-refractivity contribution < 1.29 is 51.9 Å². The van der Waals surface area contributed by atoms with Crippen LogP contribution in [0.15, 0.2) is 60.9 Å². The van der Waals surface area contributed by atoms with E-state index in [2.05, 4.69) is 14.5 Å². The third-order valence-electron chi connectivity index (χ3n) is 4.88. The van der Waals surface area contributed by atoms with Crippen molar-refractivity contribution in [2.24, 2.45) is 0 Å². The quantitative estimate of drug-likeness (QED) is 0.283. The van der Waals surface area contributed by atoms with E-state index in [0.29, 0.717) is 5.56 Å². The smallest absolute Gasteiger partial charge is 0.387 e. The summed E-state index contributed by atoms with van der Waals surface area (Å²) in [5, 5.41) is 28.2. The lowest BCUT2D eigenvalue weighted by molar-refractivity contribution is -0.0692. The summed E-state index contributed by atoms with van der Waals surface area (Å²) in [5.41, 5.74) is 0.805. The molecule has 198 valence electrons. The summed E-state index contributed by atoms with van der Waals surface area (Å²) in [7, 11) is 0. The predicted molar refractivity (Wildman–Crippen MR) is 122 cm³/mol. The molecular formula is C24H22F4N2O7. The maximum atomic E-state index is 13.0. The first-order chi connectivity index (χ1) is 17.7. The molecule has 0 aliphatic rings. The Labute approximate surface area is 208 Å². The van der Waals surface area contributed by atoms with Crippen LogP contribution in [0.1, 0.15) is 15.9 Å². The number of rotatable bonds is 13. The SMILES string of the molecule is O=C(O)c1cc(N(Cc2cccnc2)c2ccc(OC(F)F)c(OC(F)F)c2)ccc1OCC(O)CO. The molecule has 1 atom stereocenters. The second-order valence-electron chi connectivity index (χ2n) is 7.47. The molecule has 0 fully saturated rings. The van der Waals surface area contributed by atoms with Gasteiger partial charge >= 0.3 is 19.2 Å². The molecule has 0 aliphatic carbocycles. The molecule has 1 unspecified atom stereocenters. The van der Waals surface area contributed by atoms with Crippen LogP contribution in [0.3, 0.4) is 0 Å². The summed E-state index contributed by atoms with van der Waals surface area (Å²) in [6.07, 6.45) is 1.84. The van der Waals surface area contributed by atoms with E-state index in [1.54, 1.807) is 12.1 Å². The van der Waals surface area contributed by atoms with Crippen LogP contribution in [0.25, 0.3) is 0 Å². The molecule has 0 saturated carbocycles. The van der Waals surface area contributed by atoms with Gasteiger partial charge in [0.1, 0.15) is 24.0 Å². The summed E-state index contributed by atoms with van der Waals surface area (Å²) >= 11 is 0. The lowest BCUT2D eigenvalue weighted by atomic mass is 10.1. The zero-order chi connectivity index (χ0) is 26.9. The summed E-state index contributed by atoms with van der Waals surface area (Å²) in [4.78, 5) is 17.5. The van der Waals surface area contributed by atoms with E-state index >= 15 is 0 Å². The molecule has 2 aromatic carbocycles. The van der Waals surface area contributed by atoms with Crippen LogP contribution in [0.2, 0.25) is 0 Å². The highest BCUT2D eigenvalue weighted by molar-refractivity contribution is 5.92. The van der Waals surface area contributed by atoms with Gasteiger partial charge in [-0.15, -0.1) is 0 Å². The zero-order valence-electron chi connectivity index (χ0n) is 19.0. The Hall–Kier alpha value is -4.10. The van der Waals surface area contributed by atoms with E-state index in [1.165, 1.54) is 41.6 Å². The molecule has 13 heteroatoms. The molecule has 0 aliphatic heterocycles. The first-order valence-corrected chi connectivity index (χ1v) is 10.7. The van der Waals surface area contributed by atoms with Crippen molar-refractivity contribution in [1.29, 1.82) is 0 Å². The van der Waals surface area contributed by atoms with Crippen LogP contribution < -0.4 is 19.1 Å². The van der Waals surface area contributed by atoms with Crippen LogP contribution in [0.4, 0.5) is 28.9 Å². The van der Waals surface area contributed by atoms with Gasteiger partial charge in [0.25, 0.3) is 0 Å². The van der Waals surface area contributed by atoms with Crippen molar-refractivity contribution in [3.8, 4) is 17.2 Å². The van der Waals surface area contributed by atoms with E-state index in [9.17, 15) is 32.6 Å². The predicted octanol–water partition coefficient (Wildman–Crippen LogP) is 4.05. The van der Waals surface area contributed by atoms with Crippen LogP contribution in [0, 0.1) is 0 Å². The summed E-state index contributed by atoms with van der Waals surface area (Å²) in [6.45, 7) is -7.50. The molecule has 9 nitrogen and oxygen atoms in total. The van der Waals surface area contributed by atoms with Gasteiger partial charge in [-0.3, -0.25) is 4.98 Å². The molecule has 0 radical (unpaired) electrons. The summed E-state index contributed by atoms with van der Waals surface area (Å²) < 4.78 is 65.5. The molecule has 0 saturated heterocycles. The van der Waals surface area contributed by atoms with Gasteiger partial charge in [-0.05, 0) is 42.0 Å². The van der Waals surface area contributed by atoms with E-state index in [1.807, 2.05) is 0 Å². The number of carbonyl (C=O) groups is 1. The van der Waals surface area contributed by atoms with Gasteiger partial charge in [0.05, 0.1) is 6.61 Å². The Bertz CT molecular complexity index is 1190. The number of aliphatic hydroxyl groups is 2. The monoisotopic (exact) mass is 526 g/mol. The highest BCUT2D eigenvalue weighted by atomic mass is 19.3. The number of halogens is 4. The van der Waals surface area contributed by atoms with Crippen molar-refractivity contribution >= 4 is 17.3 Å². The number of ether oxygens (including phenoxy) is 3. The number of hydrogen-bond donors (Lipinski definition) is 3. The average molecular weight is 526 g/mol. The van der Waals surface area contributed by atoms with Gasteiger partial charge in [-0.1, -0.05) is 6.07 Å². The third kappa shape index (κ3) is 7.69. The number of alkyl halides is 4. The number of aliphatic hydroxyl groups excluding tert-OH is 2. The number of aromatic nitrogens is 1. The van der Waals surface area contributed by atoms with Gasteiger partial charge in [0.15, 0.2) is 11.5 Å². The van der Waals surface area contributed by atoms with E-state index in [4.69, 9.17) is 9.84 Å². The van der Waals surface area contributed by atoms with E-state index < -0.39 is 43.4 Å². The second kappa shape index (κ2) is 12.7. The average Bonchev–Trinajstić information content (AvgIpc) is 2.87. The number of carboxylic acids is 1. The minimum Gasteiger partial charge on any atom is -0.490 e. The van der Waals surface area contributed by atoms with Gasteiger partial charge in [-0.2, -0.15) is 17.6 Å². The van der Waals surface area contributed by atoms with Crippen molar-refractivity contribution in [2.45, 2.75) is 25.9 Å². The molecule has 3 aromatic rings. The fourth-order valence-electron chi connectivity index (χ4n) is 3.27. The van der Waals surface area contributed by atoms with Crippen LogP contribution in [-0.2, 0) is 6.54 Å². The molecule has 0 amide bonds. The van der Waals surface area contributed by atoms with Gasteiger partial charge in [-0.25, -0.2) is 4.79 Å². The normalized spacial score (nSPS) is 11.9. The zero-order valence-corrected chi connectivity index (χ0v) is 19.0. The number of pyridine rings is 1.